The molecule has 0 unspecified atom stereocenters. The van der Waals surface area contributed by atoms with Gasteiger partial charge in [0.25, 0.3) is 5.91 Å². The van der Waals surface area contributed by atoms with Crippen LogP contribution < -0.4 is 0 Å². The largest absolute Gasteiger partial charge is 0.507 e. The van der Waals surface area contributed by atoms with Crippen LogP contribution in [-0.2, 0) is 4.79 Å². The molecule has 2 amide bonds. The van der Waals surface area contributed by atoms with Gasteiger partial charge in [-0.2, -0.15) is 0 Å². The van der Waals surface area contributed by atoms with E-state index in [1.54, 1.807) is 12.1 Å². The Bertz CT molecular complexity index is 978. The number of benzene rings is 1. The third-order valence-corrected chi connectivity index (χ3v) is 7.19. The number of tetrazole rings is 1. The maximum absolute atomic E-state index is 13.4. The Morgan fingerprint density at radius 1 is 1.26 bits per heavy atom. The fraction of sp³-hybridized carbons (Fsp3) is 0.591. The second kappa shape index (κ2) is 7.94. The van der Waals surface area contributed by atoms with Crippen LogP contribution in [-0.4, -0.2) is 72.1 Å². The van der Waals surface area contributed by atoms with E-state index in [9.17, 15) is 14.7 Å². The van der Waals surface area contributed by atoms with Crippen LogP contribution in [0.4, 0.5) is 0 Å². The van der Waals surface area contributed by atoms with E-state index in [-0.39, 0.29) is 23.7 Å². The standard InChI is InChI=1S/C22H28N6O3/c1-2-4-18-14-9-15(19-5-3-6-21(30)28(18)19)12-26(11-14)22(31)17-8-7-16(10-20(17)29)27-13-23-24-25-27/h7-8,10,13-15,18-19,29H,2-6,9,11-12H2,1H3/t14-,15+,18-,19-/m0/s1. The third-order valence-electron chi connectivity index (χ3n) is 7.19. The molecule has 0 saturated carbocycles. The first kappa shape index (κ1) is 20.0. The van der Waals surface area contributed by atoms with Gasteiger partial charge in [-0.05, 0) is 60.1 Å². The second-order valence-corrected chi connectivity index (χ2v) is 9.04. The van der Waals surface area contributed by atoms with Crippen molar-refractivity contribution in [2.45, 2.75) is 57.5 Å². The molecule has 0 spiro atoms. The number of piperidine rings is 3. The molecule has 2 bridgehead atoms. The second-order valence-electron chi connectivity index (χ2n) is 9.04. The number of fused-ring (bicyclic) bond motifs is 4. The molecule has 0 aliphatic carbocycles. The van der Waals surface area contributed by atoms with Crippen molar-refractivity contribution >= 4 is 11.8 Å². The smallest absolute Gasteiger partial charge is 0.257 e. The summed E-state index contributed by atoms with van der Waals surface area (Å²) in [5.41, 5.74) is 0.884. The molecule has 3 aliphatic heterocycles. The van der Waals surface area contributed by atoms with Gasteiger partial charge in [0, 0.05) is 37.7 Å². The maximum atomic E-state index is 13.4. The van der Waals surface area contributed by atoms with Crippen LogP contribution in [0.5, 0.6) is 5.75 Å². The Balaban J connectivity index is 1.39. The highest BCUT2D eigenvalue weighted by Crippen LogP contribution is 2.43. The highest BCUT2D eigenvalue weighted by atomic mass is 16.3. The van der Waals surface area contributed by atoms with Gasteiger partial charge in [-0.1, -0.05) is 13.3 Å². The van der Waals surface area contributed by atoms with E-state index in [4.69, 9.17) is 0 Å². The molecule has 1 aromatic carbocycles. The maximum Gasteiger partial charge on any atom is 0.257 e. The molecule has 3 fully saturated rings. The highest BCUT2D eigenvalue weighted by molar-refractivity contribution is 5.97. The summed E-state index contributed by atoms with van der Waals surface area (Å²) >= 11 is 0. The molecule has 2 aromatic rings. The molecule has 1 N–H and O–H groups in total. The minimum Gasteiger partial charge on any atom is -0.507 e. The number of hydrogen-bond donors (Lipinski definition) is 1. The van der Waals surface area contributed by atoms with E-state index in [2.05, 4.69) is 27.3 Å². The number of aromatic nitrogens is 4. The van der Waals surface area contributed by atoms with Gasteiger partial charge >= 0.3 is 0 Å². The van der Waals surface area contributed by atoms with E-state index >= 15 is 0 Å². The number of carbonyl (C=O) groups excluding carboxylic acids is 2. The Labute approximate surface area is 181 Å². The van der Waals surface area contributed by atoms with Gasteiger partial charge in [0.2, 0.25) is 5.91 Å². The summed E-state index contributed by atoms with van der Waals surface area (Å²) in [5, 5.41) is 21.6. The molecule has 9 nitrogen and oxygen atoms in total. The number of carbonyl (C=O) groups is 2. The summed E-state index contributed by atoms with van der Waals surface area (Å²) in [5.74, 6) is 0.668. The molecule has 3 saturated heterocycles. The summed E-state index contributed by atoms with van der Waals surface area (Å²) in [6.07, 6.45) is 7.13. The summed E-state index contributed by atoms with van der Waals surface area (Å²) in [6, 6.07) is 5.33. The van der Waals surface area contributed by atoms with Crippen molar-refractivity contribution in [3.8, 4) is 11.4 Å². The first-order valence-electron chi connectivity index (χ1n) is 11.2. The molecule has 9 heteroatoms. The van der Waals surface area contributed by atoms with E-state index < -0.39 is 0 Å². The van der Waals surface area contributed by atoms with Gasteiger partial charge < -0.3 is 14.9 Å². The average Bonchev–Trinajstić information content (AvgIpc) is 3.31. The summed E-state index contributed by atoms with van der Waals surface area (Å²) in [4.78, 5) is 30.2. The minimum absolute atomic E-state index is 0.0756. The number of nitrogens with zero attached hydrogens (tertiary/aromatic N) is 6. The first-order valence-corrected chi connectivity index (χ1v) is 11.2. The Morgan fingerprint density at radius 2 is 2.10 bits per heavy atom. The van der Waals surface area contributed by atoms with Gasteiger partial charge in [0.1, 0.15) is 12.1 Å². The van der Waals surface area contributed by atoms with Gasteiger partial charge in [0.05, 0.1) is 11.3 Å². The van der Waals surface area contributed by atoms with Crippen molar-refractivity contribution in [2.24, 2.45) is 11.8 Å². The summed E-state index contributed by atoms with van der Waals surface area (Å²) in [7, 11) is 0. The predicted octanol–water partition coefficient (Wildman–Crippen LogP) is 2.01. The molecular formula is C22H28N6O3. The molecule has 3 aliphatic rings. The number of amides is 2. The van der Waals surface area contributed by atoms with Crippen LogP contribution in [0.2, 0.25) is 0 Å². The lowest BCUT2D eigenvalue weighted by molar-refractivity contribution is -0.152. The Kier molecular flexibility index (Phi) is 5.11. The van der Waals surface area contributed by atoms with E-state index in [1.165, 1.54) is 17.1 Å². The molecule has 4 heterocycles. The van der Waals surface area contributed by atoms with Gasteiger partial charge in [-0.25, -0.2) is 4.68 Å². The van der Waals surface area contributed by atoms with Crippen molar-refractivity contribution in [1.29, 1.82) is 0 Å². The Hall–Kier alpha value is -2.97. The number of aromatic hydroxyl groups is 1. The van der Waals surface area contributed by atoms with E-state index in [1.807, 2.05) is 4.90 Å². The fourth-order valence-corrected chi connectivity index (χ4v) is 5.90. The van der Waals surface area contributed by atoms with Crippen LogP contribution in [0.1, 0.15) is 55.8 Å². The van der Waals surface area contributed by atoms with E-state index in [0.717, 1.165) is 32.1 Å². The van der Waals surface area contributed by atoms with Crippen LogP contribution in [0, 0.1) is 11.8 Å². The average molecular weight is 425 g/mol. The Morgan fingerprint density at radius 3 is 2.84 bits per heavy atom. The third kappa shape index (κ3) is 3.45. The quantitative estimate of drug-likeness (QED) is 0.805. The van der Waals surface area contributed by atoms with Gasteiger partial charge in [-0.15, -0.1) is 5.10 Å². The van der Waals surface area contributed by atoms with Gasteiger partial charge in [-0.3, -0.25) is 9.59 Å². The topological polar surface area (TPSA) is 104 Å². The molecule has 4 atom stereocenters. The molecule has 164 valence electrons. The zero-order chi connectivity index (χ0) is 21.5. The summed E-state index contributed by atoms with van der Waals surface area (Å²) < 4.78 is 1.43. The predicted molar refractivity (Wildman–Crippen MR) is 112 cm³/mol. The number of hydrogen-bond acceptors (Lipinski definition) is 6. The van der Waals surface area contributed by atoms with E-state index in [0.29, 0.717) is 48.5 Å². The van der Waals surface area contributed by atoms with Crippen molar-refractivity contribution < 1.29 is 14.7 Å². The lowest BCUT2D eigenvalue weighted by atomic mass is 9.71. The van der Waals surface area contributed by atoms with Crippen molar-refractivity contribution in [3.05, 3.63) is 30.1 Å². The summed E-state index contributed by atoms with van der Waals surface area (Å²) in [6.45, 7) is 3.42. The van der Waals surface area contributed by atoms with Crippen molar-refractivity contribution in [1.82, 2.24) is 30.0 Å². The van der Waals surface area contributed by atoms with Crippen LogP contribution in [0.3, 0.4) is 0 Å². The normalized spacial score (nSPS) is 27.8. The van der Waals surface area contributed by atoms with Gasteiger partial charge in [0.15, 0.2) is 0 Å². The molecule has 31 heavy (non-hydrogen) atoms. The van der Waals surface area contributed by atoms with Crippen molar-refractivity contribution in [2.75, 3.05) is 13.1 Å². The van der Waals surface area contributed by atoms with Crippen LogP contribution in [0.15, 0.2) is 24.5 Å². The number of likely N-dealkylation sites (tertiary alicyclic amines) is 1. The molecule has 5 rings (SSSR count). The molecule has 0 radical (unpaired) electrons. The number of rotatable bonds is 4. The minimum atomic E-state index is -0.152. The number of phenols is 1. The lowest BCUT2D eigenvalue weighted by Crippen LogP contribution is -2.65. The monoisotopic (exact) mass is 424 g/mol. The highest BCUT2D eigenvalue weighted by Gasteiger charge is 2.49. The number of phenolic OH excluding ortho intramolecular Hbond substituents is 1. The van der Waals surface area contributed by atoms with Crippen LogP contribution >= 0.6 is 0 Å². The zero-order valence-electron chi connectivity index (χ0n) is 17.7. The first-order chi connectivity index (χ1) is 15.1. The molecular weight excluding hydrogens is 396 g/mol. The molecule has 1 aromatic heterocycles. The zero-order valence-corrected chi connectivity index (χ0v) is 17.7. The SMILES string of the molecule is CCC[C@H]1[C@H]2C[C@H](CN(C(=O)c3ccc(-n4cnnn4)cc3O)C2)[C@@H]2CCCC(=O)N21. The van der Waals surface area contributed by atoms with Crippen molar-refractivity contribution in [3.63, 3.8) is 0 Å². The fourth-order valence-electron chi connectivity index (χ4n) is 5.90. The van der Waals surface area contributed by atoms with Crippen LogP contribution in [0.25, 0.3) is 5.69 Å². The lowest BCUT2D eigenvalue weighted by Gasteiger charge is -2.56.